The monoisotopic (exact) mass is 264 g/mol. The Morgan fingerprint density at radius 2 is 2.11 bits per heavy atom. The minimum Gasteiger partial charge on any atom is -0.385 e. The Morgan fingerprint density at radius 3 is 2.83 bits per heavy atom. The van der Waals surface area contributed by atoms with E-state index in [-0.39, 0.29) is 5.82 Å². The Kier molecular flexibility index (Phi) is 4.15. The highest BCUT2D eigenvalue weighted by molar-refractivity contribution is 6.30. The smallest absolute Gasteiger partial charge is 0.134 e. The van der Waals surface area contributed by atoms with Crippen LogP contribution in [-0.2, 0) is 0 Å². The van der Waals surface area contributed by atoms with Gasteiger partial charge >= 0.3 is 0 Å². The molecule has 0 saturated carbocycles. The van der Waals surface area contributed by atoms with Gasteiger partial charge < -0.3 is 5.32 Å². The molecular formula is C14H14ClFN2. The molecule has 1 heterocycles. The van der Waals surface area contributed by atoms with Crippen LogP contribution in [0.15, 0.2) is 36.5 Å². The molecule has 0 aliphatic rings. The van der Waals surface area contributed by atoms with E-state index in [2.05, 4.69) is 17.2 Å². The normalized spacial score (nSPS) is 10.4. The maximum Gasteiger partial charge on any atom is 0.134 e. The number of benzene rings is 1. The summed E-state index contributed by atoms with van der Waals surface area (Å²) < 4.78 is 13.8. The van der Waals surface area contributed by atoms with Crippen molar-refractivity contribution in [3.8, 4) is 11.3 Å². The van der Waals surface area contributed by atoms with Crippen molar-refractivity contribution in [3.63, 3.8) is 0 Å². The van der Waals surface area contributed by atoms with Crippen molar-refractivity contribution < 1.29 is 4.39 Å². The first-order chi connectivity index (χ1) is 8.70. The summed E-state index contributed by atoms with van der Waals surface area (Å²) in [5.41, 5.74) is 2.00. The van der Waals surface area contributed by atoms with E-state index >= 15 is 0 Å². The largest absolute Gasteiger partial charge is 0.385 e. The standard InChI is InChI=1S/C14H14ClFN2/c1-2-6-17-11-5-7-18-14(9-11)12-4-3-10(15)8-13(12)16/h3-5,7-9H,2,6H2,1H3,(H,17,18). The van der Waals surface area contributed by atoms with Crippen LogP contribution in [0.4, 0.5) is 10.1 Å². The summed E-state index contributed by atoms with van der Waals surface area (Å²) in [7, 11) is 0. The van der Waals surface area contributed by atoms with E-state index in [1.54, 1.807) is 18.3 Å². The molecule has 1 aromatic carbocycles. The van der Waals surface area contributed by atoms with Crippen LogP contribution >= 0.6 is 11.6 Å². The molecule has 2 aromatic rings. The zero-order chi connectivity index (χ0) is 13.0. The lowest BCUT2D eigenvalue weighted by Crippen LogP contribution is -2.00. The summed E-state index contributed by atoms with van der Waals surface area (Å²) >= 11 is 5.73. The predicted molar refractivity (Wildman–Crippen MR) is 73.4 cm³/mol. The van der Waals surface area contributed by atoms with Crippen LogP contribution in [0.3, 0.4) is 0 Å². The number of rotatable bonds is 4. The first-order valence-corrected chi connectivity index (χ1v) is 6.24. The zero-order valence-electron chi connectivity index (χ0n) is 10.1. The van der Waals surface area contributed by atoms with Crippen LogP contribution in [0.5, 0.6) is 0 Å². The number of aromatic nitrogens is 1. The van der Waals surface area contributed by atoms with Gasteiger partial charge in [0.15, 0.2) is 0 Å². The maximum atomic E-state index is 13.8. The molecule has 0 spiro atoms. The lowest BCUT2D eigenvalue weighted by Gasteiger charge is -2.07. The summed E-state index contributed by atoms with van der Waals surface area (Å²) in [6.07, 6.45) is 2.70. The molecule has 0 atom stereocenters. The molecule has 94 valence electrons. The van der Waals surface area contributed by atoms with Gasteiger partial charge in [0.2, 0.25) is 0 Å². The molecule has 0 aliphatic carbocycles. The van der Waals surface area contributed by atoms with Crippen molar-refractivity contribution >= 4 is 17.3 Å². The molecule has 0 aliphatic heterocycles. The molecule has 1 aromatic heterocycles. The van der Waals surface area contributed by atoms with Gasteiger partial charge in [0.1, 0.15) is 5.82 Å². The molecule has 0 saturated heterocycles. The van der Waals surface area contributed by atoms with E-state index in [9.17, 15) is 4.39 Å². The average molecular weight is 265 g/mol. The van der Waals surface area contributed by atoms with Crippen LogP contribution in [0, 0.1) is 5.82 Å². The molecule has 2 nitrogen and oxygen atoms in total. The second kappa shape index (κ2) is 5.83. The summed E-state index contributed by atoms with van der Waals surface area (Å²) in [6.45, 7) is 2.97. The fourth-order valence-electron chi connectivity index (χ4n) is 1.65. The molecule has 18 heavy (non-hydrogen) atoms. The molecule has 0 unspecified atom stereocenters. The number of pyridine rings is 1. The first kappa shape index (κ1) is 12.8. The maximum absolute atomic E-state index is 13.8. The molecule has 0 bridgehead atoms. The van der Waals surface area contributed by atoms with Crippen LogP contribution in [0.2, 0.25) is 5.02 Å². The Bertz CT molecular complexity index is 543. The number of nitrogens with zero attached hydrogens (tertiary/aromatic N) is 1. The van der Waals surface area contributed by atoms with E-state index in [0.29, 0.717) is 16.3 Å². The lowest BCUT2D eigenvalue weighted by molar-refractivity contribution is 0.631. The van der Waals surface area contributed by atoms with E-state index in [4.69, 9.17) is 11.6 Å². The van der Waals surface area contributed by atoms with Gasteiger partial charge in [0.25, 0.3) is 0 Å². The number of hydrogen-bond donors (Lipinski definition) is 1. The van der Waals surface area contributed by atoms with Crippen molar-refractivity contribution in [2.24, 2.45) is 0 Å². The van der Waals surface area contributed by atoms with Gasteiger partial charge in [-0.25, -0.2) is 4.39 Å². The van der Waals surface area contributed by atoms with Crippen molar-refractivity contribution in [1.29, 1.82) is 0 Å². The Hall–Kier alpha value is -1.61. The molecule has 2 rings (SSSR count). The first-order valence-electron chi connectivity index (χ1n) is 5.86. The van der Waals surface area contributed by atoms with Gasteiger partial charge in [-0.05, 0) is 36.8 Å². The van der Waals surface area contributed by atoms with Crippen LogP contribution < -0.4 is 5.32 Å². The number of anilines is 1. The topological polar surface area (TPSA) is 24.9 Å². The molecular weight excluding hydrogens is 251 g/mol. The van der Waals surface area contributed by atoms with Gasteiger partial charge in [-0.1, -0.05) is 18.5 Å². The SMILES string of the molecule is CCCNc1ccnc(-c2ccc(Cl)cc2F)c1. The summed E-state index contributed by atoms with van der Waals surface area (Å²) in [4.78, 5) is 4.19. The molecule has 0 amide bonds. The van der Waals surface area contributed by atoms with Gasteiger partial charge in [0.05, 0.1) is 5.69 Å². The zero-order valence-corrected chi connectivity index (χ0v) is 10.8. The number of hydrogen-bond acceptors (Lipinski definition) is 2. The summed E-state index contributed by atoms with van der Waals surface area (Å²) in [5.74, 6) is -0.359. The predicted octanol–water partition coefficient (Wildman–Crippen LogP) is 4.36. The minimum atomic E-state index is -0.359. The highest BCUT2D eigenvalue weighted by atomic mass is 35.5. The summed E-state index contributed by atoms with van der Waals surface area (Å²) in [5, 5.41) is 3.63. The quantitative estimate of drug-likeness (QED) is 0.887. The van der Waals surface area contributed by atoms with Crippen molar-refractivity contribution in [2.75, 3.05) is 11.9 Å². The Balaban J connectivity index is 2.32. The van der Waals surface area contributed by atoms with Crippen LogP contribution in [0.25, 0.3) is 11.3 Å². The Morgan fingerprint density at radius 1 is 1.28 bits per heavy atom. The highest BCUT2D eigenvalue weighted by Crippen LogP contribution is 2.25. The second-order valence-corrected chi connectivity index (χ2v) is 4.42. The molecule has 0 fully saturated rings. The van der Waals surface area contributed by atoms with Crippen molar-refractivity contribution in [2.45, 2.75) is 13.3 Å². The second-order valence-electron chi connectivity index (χ2n) is 3.98. The van der Waals surface area contributed by atoms with Gasteiger partial charge in [0, 0.05) is 29.0 Å². The van der Waals surface area contributed by atoms with Gasteiger partial charge in [-0.3, -0.25) is 4.98 Å². The van der Waals surface area contributed by atoms with E-state index in [1.807, 2.05) is 12.1 Å². The van der Waals surface area contributed by atoms with Gasteiger partial charge in [-0.2, -0.15) is 0 Å². The van der Waals surface area contributed by atoms with Crippen molar-refractivity contribution in [1.82, 2.24) is 4.98 Å². The van der Waals surface area contributed by atoms with E-state index in [1.165, 1.54) is 6.07 Å². The third-order valence-corrected chi connectivity index (χ3v) is 2.78. The van der Waals surface area contributed by atoms with E-state index in [0.717, 1.165) is 18.7 Å². The molecule has 4 heteroatoms. The number of nitrogens with one attached hydrogen (secondary N) is 1. The van der Waals surface area contributed by atoms with Crippen molar-refractivity contribution in [3.05, 3.63) is 47.4 Å². The fraction of sp³-hybridized carbons (Fsp3) is 0.214. The average Bonchev–Trinajstić information content (AvgIpc) is 2.36. The Labute approximate surface area is 111 Å². The minimum absolute atomic E-state index is 0.359. The van der Waals surface area contributed by atoms with Crippen LogP contribution in [0.1, 0.15) is 13.3 Å². The highest BCUT2D eigenvalue weighted by Gasteiger charge is 2.07. The third kappa shape index (κ3) is 2.99. The summed E-state index contributed by atoms with van der Waals surface area (Å²) in [6, 6.07) is 8.30. The lowest BCUT2D eigenvalue weighted by atomic mass is 10.1. The third-order valence-electron chi connectivity index (χ3n) is 2.55. The molecule has 1 N–H and O–H groups in total. The number of halogens is 2. The van der Waals surface area contributed by atoms with Crippen LogP contribution in [-0.4, -0.2) is 11.5 Å². The van der Waals surface area contributed by atoms with Gasteiger partial charge in [-0.15, -0.1) is 0 Å². The fourth-order valence-corrected chi connectivity index (χ4v) is 1.81. The van der Waals surface area contributed by atoms with E-state index < -0.39 is 0 Å². The molecule has 0 radical (unpaired) electrons.